The number of rotatable bonds is 6. The van der Waals surface area contributed by atoms with Gasteiger partial charge in [-0.1, -0.05) is 30.3 Å². The number of benzene rings is 2. The first-order valence-corrected chi connectivity index (χ1v) is 8.89. The first kappa shape index (κ1) is 17.0. The molecule has 2 N–H and O–H groups in total. The third kappa shape index (κ3) is 4.23. The zero-order valence-corrected chi connectivity index (χ0v) is 14.8. The average Bonchev–Trinajstić information content (AvgIpc) is 3.51. The van der Waals surface area contributed by atoms with Gasteiger partial charge in [-0.2, -0.15) is 0 Å². The number of nitrogens with one attached hydrogen (secondary N) is 2. The molecular formula is C21H20N4O2. The van der Waals surface area contributed by atoms with E-state index in [0.717, 1.165) is 12.8 Å². The summed E-state index contributed by atoms with van der Waals surface area (Å²) < 4.78 is 5.54. The smallest absolute Gasteiger partial charge is 0.321 e. The molecule has 2 aromatic carbocycles. The van der Waals surface area contributed by atoms with Gasteiger partial charge in [0.15, 0.2) is 0 Å². The number of hydrogen-bond donors (Lipinski definition) is 2. The van der Waals surface area contributed by atoms with Crippen molar-refractivity contribution >= 4 is 11.7 Å². The molecule has 1 fully saturated rings. The summed E-state index contributed by atoms with van der Waals surface area (Å²) in [5.74, 6) is 0.605. The molecule has 0 bridgehead atoms. The second-order valence-corrected chi connectivity index (χ2v) is 6.61. The Morgan fingerprint density at radius 1 is 0.963 bits per heavy atom. The highest BCUT2D eigenvalue weighted by Crippen LogP contribution is 2.47. The van der Waals surface area contributed by atoms with Gasteiger partial charge in [0.2, 0.25) is 0 Å². The molecule has 0 spiro atoms. The molecule has 27 heavy (non-hydrogen) atoms. The van der Waals surface area contributed by atoms with E-state index in [1.807, 2.05) is 18.2 Å². The second-order valence-electron chi connectivity index (χ2n) is 6.61. The number of anilines is 1. The van der Waals surface area contributed by atoms with Gasteiger partial charge in [0.25, 0.3) is 0 Å². The summed E-state index contributed by atoms with van der Waals surface area (Å²) in [4.78, 5) is 20.2. The van der Waals surface area contributed by atoms with Gasteiger partial charge < -0.3 is 15.4 Å². The van der Waals surface area contributed by atoms with Crippen molar-refractivity contribution in [3.63, 3.8) is 0 Å². The van der Waals surface area contributed by atoms with E-state index in [0.29, 0.717) is 18.0 Å². The van der Waals surface area contributed by atoms with E-state index < -0.39 is 0 Å². The maximum atomic E-state index is 12.2. The van der Waals surface area contributed by atoms with Crippen LogP contribution in [0.3, 0.4) is 0 Å². The molecule has 3 aromatic rings. The van der Waals surface area contributed by atoms with E-state index in [9.17, 15) is 4.79 Å². The zero-order valence-electron chi connectivity index (χ0n) is 14.8. The van der Waals surface area contributed by atoms with Crippen LogP contribution >= 0.6 is 0 Å². The molecule has 0 radical (unpaired) electrons. The van der Waals surface area contributed by atoms with E-state index in [-0.39, 0.29) is 17.5 Å². The lowest BCUT2D eigenvalue weighted by molar-refractivity contribution is 0.251. The van der Waals surface area contributed by atoms with E-state index in [1.165, 1.54) is 5.56 Å². The minimum absolute atomic E-state index is 0.0893. The molecule has 1 aliphatic carbocycles. The fraction of sp³-hybridized carbons (Fsp3) is 0.190. The minimum atomic E-state index is -0.211. The van der Waals surface area contributed by atoms with E-state index in [1.54, 1.807) is 42.7 Å². The Hall–Kier alpha value is -3.41. The number of carbonyl (C=O) groups is 1. The van der Waals surface area contributed by atoms with Crippen LogP contribution in [0.5, 0.6) is 11.8 Å². The van der Waals surface area contributed by atoms with Gasteiger partial charge >= 0.3 is 12.0 Å². The fourth-order valence-electron chi connectivity index (χ4n) is 2.98. The molecular weight excluding hydrogens is 340 g/mol. The Kier molecular flexibility index (Phi) is 4.70. The summed E-state index contributed by atoms with van der Waals surface area (Å²) in [6.07, 6.45) is 5.44. The molecule has 2 amide bonds. The monoisotopic (exact) mass is 360 g/mol. The summed E-state index contributed by atoms with van der Waals surface area (Å²) in [7, 11) is 0. The van der Waals surface area contributed by atoms with Crippen LogP contribution in [0.15, 0.2) is 73.1 Å². The minimum Gasteiger partial charge on any atom is -0.424 e. The van der Waals surface area contributed by atoms with Gasteiger partial charge in [0.1, 0.15) is 5.75 Å². The van der Waals surface area contributed by atoms with Crippen molar-refractivity contribution in [3.8, 4) is 11.8 Å². The molecule has 1 aliphatic rings. The Morgan fingerprint density at radius 2 is 1.67 bits per heavy atom. The van der Waals surface area contributed by atoms with Crippen molar-refractivity contribution < 1.29 is 9.53 Å². The average molecular weight is 360 g/mol. The van der Waals surface area contributed by atoms with Gasteiger partial charge in [-0.25, -0.2) is 14.8 Å². The predicted molar refractivity (Wildman–Crippen MR) is 103 cm³/mol. The summed E-state index contributed by atoms with van der Waals surface area (Å²) in [5, 5.41) is 5.83. The summed E-state index contributed by atoms with van der Waals surface area (Å²) >= 11 is 0. The Labute approximate surface area is 157 Å². The van der Waals surface area contributed by atoms with Crippen LogP contribution in [0.2, 0.25) is 0 Å². The van der Waals surface area contributed by atoms with Crippen LogP contribution in [0, 0.1) is 0 Å². The zero-order chi connectivity index (χ0) is 18.5. The number of carbonyl (C=O) groups excluding carboxylic acids is 1. The van der Waals surface area contributed by atoms with Gasteiger partial charge in [0.05, 0.1) is 0 Å². The number of amides is 2. The fourth-order valence-corrected chi connectivity index (χ4v) is 2.98. The van der Waals surface area contributed by atoms with Crippen LogP contribution in [0.1, 0.15) is 18.4 Å². The Bertz CT molecular complexity index is 894. The van der Waals surface area contributed by atoms with Crippen LogP contribution < -0.4 is 15.4 Å². The summed E-state index contributed by atoms with van der Waals surface area (Å²) in [6.45, 7) is 0.634. The number of nitrogens with zero attached hydrogens (tertiary/aromatic N) is 2. The second kappa shape index (κ2) is 7.45. The van der Waals surface area contributed by atoms with Crippen molar-refractivity contribution in [2.24, 2.45) is 0 Å². The Morgan fingerprint density at radius 3 is 2.33 bits per heavy atom. The van der Waals surface area contributed by atoms with Crippen molar-refractivity contribution in [3.05, 3.63) is 78.6 Å². The van der Waals surface area contributed by atoms with Gasteiger partial charge in [-0.15, -0.1) is 0 Å². The number of urea groups is 1. The van der Waals surface area contributed by atoms with Gasteiger partial charge in [-0.05, 0) is 48.7 Å². The van der Waals surface area contributed by atoms with Crippen molar-refractivity contribution in [1.29, 1.82) is 0 Å². The first-order valence-electron chi connectivity index (χ1n) is 8.89. The van der Waals surface area contributed by atoms with Crippen LogP contribution in [0.25, 0.3) is 0 Å². The molecule has 0 aliphatic heterocycles. The highest BCUT2D eigenvalue weighted by molar-refractivity contribution is 5.89. The maximum absolute atomic E-state index is 12.2. The lowest BCUT2D eigenvalue weighted by Crippen LogP contribution is -2.35. The van der Waals surface area contributed by atoms with E-state index >= 15 is 0 Å². The normalized spacial score (nSPS) is 14.2. The molecule has 6 heteroatoms. The standard InChI is InChI=1S/C21H20N4O2/c26-19(24-15-21(11-12-21)16-5-2-1-3-6-16)25-17-7-9-18(10-8-17)27-20-22-13-4-14-23-20/h1-10,13-14H,11-12,15H2,(H2,24,25,26). The summed E-state index contributed by atoms with van der Waals surface area (Å²) in [6, 6.07) is 19.2. The van der Waals surface area contributed by atoms with Crippen LogP contribution in [0.4, 0.5) is 10.5 Å². The molecule has 0 atom stereocenters. The van der Waals surface area contributed by atoms with Crippen LogP contribution in [-0.4, -0.2) is 22.5 Å². The predicted octanol–water partition coefficient (Wildman–Crippen LogP) is 4.12. The van der Waals surface area contributed by atoms with Crippen molar-refractivity contribution in [1.82, 2.24) is 15.3 Å². The van der Waals surface area contributed by atoms with Crippen molar-refractivity contribution in [2.75, 3.05) is 11.9 Å². The van der Waals surface area contributed by atoms with E-state index in [2.05, 4.69) is 32.7 Å². The number of aromatic nitrogens is 2. The van der Waals surface area contributed by atoms with E-state index in [4.69, 9.17) is 4.74 Å². The number of ether oxygens (including phenoxy) is 1. The van der Waals surface area contributed by atoms with Gasteiger partial charge in [-0.3, -0.25) is 0 Å². The number of hydrogen-bond acceptors (Lipinski definition) is 4. The largest absolute Gasteiger partial charge is 0.424 e. The molecule has 1 heterocycles. The molecule has 1 aromatic heterocycles. The molecule has 6 nitrogen and oxygen atoms in total. The van der Waals surface area contributed by atoms with Crippen molar-refractivity contribution in [2.45, 2.75) is 18.3 Å². The van der Waals surface area contributed by atoms with Crippen LogP contribution in [-0.2, 0) is 5.41 Å². The molecule has 136 valence electrons. The summed E-state index contributed by atoms with van der Waals surface area (Å²) in [5.41, 5.74) is 2.07. The maximum Gasteiger partial charge on any atom is 0.321 e. The lowest BCUT2D eigenvalue weighted by atomic mass is 9.96. The first-order chi connectivity index (χ1) is 13.2. The topological polar surface area (TPSA) is 76.1 Å². The quantitative estimate of drug-likeness (QED) is 0.693. The third-order valence-electron chi connectivity index (χ3n) is 4.69. The molecule has 1 saturated carbocycles. The molecule has 0 saturated heterocycles. The third-order valence-corrected chi connectivity index (χ3v) is 4.69. The van der Waals surface area contributed by atoms with Gasteiger partial charge in [0, 0.05) is 30.0 Å². The molecule has 4 rings (SSSR count). The molecule has 0 unspecified atom stereocenters. The highest BCUT2D eigenvalue weighted by atomic mass is 16.5. The SMILES string of the molecule is O=C(NCC1(c2ccccc2)CC1)Nc1ccc(Oc2ncccn2)cc1. The highest BCUT2D eigenvalue weighted by Gasteiger charge is 2.44. The Balaban J connectivity index is 1.30. The lowest BCUT2D eigenvalue weighted by Gasteiger charge is -2.17.